The first-order valence-corrected chi connectivity index (χ1v) is 10.00. The van der Waals surface area contributed by atoms with E-state index in [0.29, 0.717) is 12.3 Å². The van der Waals surface area contributed by atoms with Crippen molar-refractivity contribution < 1.29 is 14.2 Å². The van der Waals surface area contributed by atoms with Crippen molar-refractivity contribution >= 4 is 11.6 Å². The highest BCUT2D eigenvalue weighted by Gasteiger charge is 2.21. The van der Waals surface area contributed by atoms with Crippen molar-refractivity contribution in [2.45, 2.75) is 32.4 Å². The molecule has 3 rings (SSSR count). The van der Waals surface area contributed by atoms with Gasteiger partial charge in [0.2, 0.25) is 0 Å². The average molecular weight is 400 g/mol. The summed E-state index contributed by atoms with van der Waals surface area (Å²) >= 11 is 0. The zero-order valence-electron chi connectivity index (χ0n) is 17.0. The number of aliphatic imine (C=N–C) groups is 1. The lowest BCUT2D eigenvalue weighted by atomic mass is 10.0. The summed E-state index contributed by atoms with van der Waals surface area (Å²) in [6.07, 6.45) is 2.06. The highest BCUT2D eigenvalue weighted by atomic mass is 19.1. The van der Waals surface area contributed by atoms with Crippen molar-refractivity contribution in [2.24, 2.45) is 4.99 Å². The number of guanidine groups is 1. The Morgan fingerprint density at radius 2 is 2.17 bits per heavy atom. The summed E-state index contributed by atoms with van der Waals surface area (Å²) in [6.45, 7) is 4.92. The predicted molar refractivity (Wildman–Crippen MR) is 114 cm³/mol. The van der Waals surface area contributed by atoms with Gasteiger partial charge >= 0.3 is 0 Å². The Morgan fingerprint density at radius 1 is 1.31 bits per heavy atom. The quantitative estimate of drug-likeness (QED) is 0.513. The van der Waals surface area contributed by atoms with Crippen LogP contribution >= 0.6 is 0 Å². The molecule has 1 atom stereocenters. The van der Waals surface area contributed by atoms with Crippen molar-refractivity contribution in [1.82, 2.24) is 10.6 Å². The number of aromatic hydroxyl groups is 1. The molecule has 6 nitrogen and oxygen atoms in total. The van der Waals surface area contributed by atoms with E-state index in [9.17, 15) is 9.50 Å². The van der Waals surface area contributed by atoms with Crippen molar-refractivity contribution in [3.63, 3.8) is 0 Å². The highest BCUT2D eigenvalue weighted by Crippen LogP contribution is 2.26. The number of anilines is 1. The number of ether oxygens (including phenoxy) is 1. The number of phenolic OH excluding ortho intramolecular Hbond substituents is 1. The molecule has 156 valence electrons. The minimum Gasteiger partial charge on any atom is -0.504 e. The van der Waals surface area contributed by atoms with Crippen LogP contribution in [0.15, 0.2) is 47.5 Å². The first-order valence-electron chi connectivity index (χ1n) is 10.00. The van der Waals surface area contributed by atoms with Gasteiger partial charge in [0, 0.05) is 31.4 Å². The molecule has 1 aliphatic heterocycles. The maximum absolute atomic E-state index is 13.6. The lowest BCUT2D eigenvalue weighted by Crippen LogP contribution is -2.51. The highest BCUT2D eigenvalue weighted by molar-refractivity contribution is 5.80. The van der Waals surface area contributed by atoms with Gasteiger partial charge in [-0.25, -0.2) is 9.38 Å². The smallest absolute Gasteiger partial charge is 0.191 e. The van der Waals surface area contributed by atoms with Crippen LogP contribution in [0.5, 0.6) is 11.5 Å². The SMILES string of the molecule is CCNC(=NCc1ccc(OC)c(O)c1)NC1CCCN(c2cccc(F)c2)C1. The minimum absolute atomic E-state index is 0.108. The Bertz CT molecular complexity index is 843. The molecule has 29 heavy (non-hydrogen) atoms. The molecule has 3 N–H and O–H groups in total. The zero-order chi connectivity index (χ0) is 20.6. The third-order valence-electron chi connectivity index (χ3n) is 4.94. The molecule has 0 radical (unpaired) electrons. The molecule has 0 amide bonds. The molecular weight excluding hydrogens is 371 g/mol. The van der Waals surface area contributed by atoms with E-state index in [1.807, 2.05) is 19.1 Å². The number of benzene rings is 2. The molecule has 1 unspecified atom stereocenters. The summed E-state index contributed by atoms with van der Waals surface area (Å²) in [6, 6.07) is 12.2. The second kappa shape index (κ2) is 10.0. The summed E-state index contributed by atoms with van der Waals surface area (Å²) in [4.78, 5) is 6.85. The number of rotatable bonds is 6. The van der Waals surface area contributed by atoms with E-state index in [2.05, 4.69) is 20.5 Å². The molecule has 0 aliphatic carbocycles. The maximum Gasteiger partial charge on any atom is 0.191 e. The lowest BCUT2D eigenvalue weighted by molar-refractivity contribution is 0.373. The third kappa shape index (κ3) is 5.76. The molecule has 2 aromatic rings. The maximum atomic E-state index is 13.6. The second-order valence-corrected chi connectivity index (χ2v) is 7.11. The lowest BCUT2D eigenvalue weighted by Gasteiger charge is -2.35. The van der Waals surface area contributed by atoms with Crippen LogP contribution in [0.2, 0.25) is 0 Å². The standard InChI is InChI=1S/C22H29FN4O2/c1-3-24-22(25-14-16-9-10-21(29-2)20(28)12-16)26-18-7-5-11-27(15-18)19-8-4-6-17(23)13-19/h4,6,8-10,12-13,18,28H,3,5,7,11,14-15H2,1-2H3,(H2,24,25,26). The normalized spacial score (nSPS) is 17.1. The van der Waals surface area contributed by atoms with E-state index in [0.717, 1.165) is 49.7 Å². The van der Waals surface area contributed by atoms with E-state index >= 15 is 0 Å². The molecule has 7 heteroatoms. The Labute approximate surface area is 171 Å². The molecule has 0 aromatic heterocycles. The van der Waals surface area contributed by atoms with Crippen LogP contribution in [0.4, 0.5) is 10.1 Å². The first kappa shape index (κ1) is 20.8. The molecule has 0 spiro atoms. The van der Waals surface area contributed by atoms with Gasteiger partial charge in [0.05, 0.1) is 13.7 Å². The number of nitrogens with zero attached hydrogens (tertiary/aromatic N) is 2. The molecule has 2 aromatic carbocycles. The molecule has 1 aliphatic rings. The van der Waals surface area contributed by atoms with Gasteiger partial charge < -0.3 is 25.4 Å². The zero-order valence-corrected chi connectivity index (χ0v) is 17.0. The van der Waals surface area contributed by atoms with Crippen LogP contribution in [0.25, 0.3) is 0 Å². The van der Waals surface area contributed by atoms with Gasteiger partial charge in [-0.1, -0.05) is 12.1 Å². The number of halogens is 1. The van der Waals surface area contributed by atoms with Crippen molar-refractivity contribution in [2.75, 3.05) is 31.6 Å². The van der Waals surface area contributed by atoms with Gasteiger partial charge in [-0.05, 0) is 55.7 Å². The first-order chi connectivity index (χ1) is 14.1. The molecular formula is C22H29FN4O2. The average Bonchev–Trinajstić information content (AvgIpc) is 2.72. The van der Waals surface area contributed by atoms with Crippen LogP contribution in [-0.4, -0.2) is 43.9 Å². The van der Waals surface area contributed by atoms with Crippen LogP contribution in [0.1, 0.15) is 25.3 Å². The van der Waals surface area contributed by atoms with Crippen molar-refractivity contribution in [3.05, 3.63) is 53.8 Å². The largest absolute Gasteiger partial charge is 0.504 e. The fourth-order valence-corrected chi connectivity index (χ4v) is 3.52. The topological polar surface area (TPSA) is 69.1 Å². The number of hydrogen-bond donors (Lipinski definition) is 3. The number of methoxy groups -OCH3 is 1. The van der Waals surface area contributed by atoms with E-state index in [1.165, 1.54) is 13.2 Å². The van der Waals surface area contributed by atoms with Gasteiger partial charge in [-0.3, -0.25) is 0 Å². The van der Waals surface area contributed by atoms with Gasteiger partial charge in [-0.2, -0.15) is 0 Å². The fourth-order valence-electron chi connectivity index (χ4n) is 3.52. The summed E-state index contributed by atoms with van der Waals surface area (Å²) < 4.78 is 18.7. The van der Waals surface area contributed by atoms with Gasteiger partial charge in [0.25, 0.3) is 0 Å². The van der Waals surface area contributed by atoms with E-state index < -0.39 is 0 Å². The Balaban J connectivity index is 1.64. The van der Waals surface area contributed by atoms with Crippen molar-refractivity contribution in [3.8, 4) is 11.5 Å². The number of piperidine rings is 1. The van der Waals surface area contributed by atoms with E-state index in [4.69, 9.17) is 4.74 Å². The predicted octanol–water partition coefficient (Wildman–Crippen LogP) is 3.26. The molecule has 1 heterocycles. The van der Waals surface area contributed by atoms with Gasteiger partial charge in [-0.15, -0.1) is 0 Å². The van der Waals surface area contributed by atoms with Gasteiger partial charge in [0.15, 0.2) is 17.5 Å². The van der Waals surface area contributed by atoms with Crippen molar-refractivity contribution in [1.29, 1.82) is 0 Å². The molecule has 1 saturated heterocycles. The number of hydrogen-bond acceptors (Lipinski definition) is 4. The molecule has 0 saturated carbocycles. The fraction of sp³-hybridized carbons (Fsp3) is 0.409. The summed E-state index contributed by atoms with van der Waals surface area (Å²) in [5.41, 5.74) is 1.80. The van der Waals surface area contributed by atoms with Gasteiger partial charge in [0.1, 0.15) is 5.82 Å². The Hall–Kier alpha value is -2.96. The third-order valence-corrected chi connectivity index (χ3v) is 4.94. The Kier molecular flexibility index (Phi) is 7.16. The summed E-state index contributed by atoms with van der Waals surface area (Å²) in [5.74, 6) is 1.07. The van der Waals surface area contributed by atoms with Crippen LogP contribution < -0.4 is 20.3 Å². The second-order valence-electron chi connectivity index (χ2n) is 7.11. The molecule has 0 bridgehead atoms. The van der Waals surface area contributed by atoms with E-state index in [1.54, 1.807) is 24.3 Å². The van der Waals surface area contributed by atoms with Crippen LogP contribution in [-0.2, 0) is 6.54 Å². The van der Waals surface area contributed by atoms with Crippen LogP contribution in [0.3, 0.4) is 0 Å². The number of nitrogens with one attached hydrogen (secondary N) is 2. The minimum atomic E-state index is -0.213. The Morgan fingerprint density at radius 3 is 2.90 bits per heavy atom. The number of phenols is 1. The molecule has 1 fully saturated rings. The summed E-state index contributed by atoms with van der Waals surface area (Å²) in [5, 5.41) is 16.7. The van der Waals surface area contributed by atoms with E-state index in [-0.39, 0.29) is 17.6 Å². The monoisotopic (exact) mass is 400 g/mol. The van der Waals surface area contributed by atoms with Crippen LogP contribution in [0, 0.1) is 5.82 Å². The summed E-state index contributed by atoms with van der Waals surface area (Å²) in [7, 11) is 1.53.